The number of aliphatic hydroxyl groups is 1. The van der Waals surface area contributed by atoms with E-state index in [9.17, 15) is 9.90 Å². The molecule has 9 heteroatoms. The van der Waals surface area contributed by atoms with Gasteiger partial charge in [0.1, 0.15) is 0 Å². The van der Waals surface area contributed by atoms with Crippen molar-refractivity contribution < 1.29 is 38.8 Å². The predicted molar refractivity (Wildman–Crippen MR) is 73.8 cm³/mol. The van der Waals surface area contributed by atoms with Gasteiger partial charge in [-0.3, -0.25) is 9.69 Å². The summed E-state index contributed by atoms with van der Waals surface area (Å²) >= 11 is 0. The molecule has 0 aromatic rings. The minimum atomic E-state index is -4.69. The molecule has 0 saturated carbocycles. The van der Waals surface area contributed by atoms with Gasteiger partial charge in [-0.15, -0.1) is 0 Å². The lowest BCUT2D eigenvalue weighted by Crippen LogP contribution is -2.65. The Labute approximate surface area is 143 Å². The highest BCUT2D eigenvalue weighted by molar-refractivity contribution is 5.77. The highest BCUT2D eigenvalue weighted by Gasteiger charge is 2.48. The van der Waals surface area contributed by atoms with Gasteiger partial charge in [-0.2, -0.15) is 14.0 Å². The van der Waals surface area contributed by atoms with Crippen molar-refractivity contribution in [1.29, 1.82) is 0 Å². The van der Waals surface area contributed by atoms with Gasteiger partial charge in [-0.1, -0.05) is 0 Å². The van der Waals surface area contributed by atoms with Crippen molar-refractivity contribution in [2.24, 2.45) is 11.8 Å². The van der Waals surface area contributed by atoms with Gasteiger partial charge in [-0.05, 0) is 43.9 Å². The van der Waals surface area contributed by atoms with Crippen LogP contribution in [0.2, 0.25) is 0 Å². The third-order valence-electron chi connectivity index (χ3n) is 5.94. The molecule has 0 aliphatic carbocycles. The first-order valence-corrected chi connectivity index (χ1v) is 9.83. The van der Waals surface area contributed by atoms with Crippen LogP contribution in [0.3, 0.4) is 0 Å². The maximum atomic E-state index is 12.1. The number of hydrogen-bond acceptors (Lipinski definition) is 7. The van der Waals surface area contributed by atoms with Crippen LogP contribution in [0.1, 0.15) is 38.5 Å². The topological polar surface area (TPSA) is 133 Å². The zero-order valence-electron chi connectivity index (χ0n) is 13.6. The van der Waals surface area contributed by atoms with E-state index < -0.39 is 10.2 Å². The number of hydrogen-bond donors (Lipinski definition) is 2. The summed E-state index contributed by atoms with van der Waals surface area (Å²) in [5.74, 6) is 1.68. The number of rotatable bonds is 0. The highest BCUT2D eigenvalue weighted by atomic mass is 35.7. The molecule has 4 rings (SSSR count). The van der Waals surface area contributed by atoms with Gasteiger partial charge in [0.05, 0.1) is 21.0 Å². The zero-order valence-corrected chi connectivity index (χ0v) is 14.3. The molecule has 4 saturated heterocycles. The summed E-state index contributed by atoms with van der Waals surface area (Å²) in [6, 6.07) is 1.04. The van der Waals surface area contributed by atoms with Gasteiger partial charge in [0, 0.05) is 38.1 Å². The molecule has 4 aliphatic rings. The van der Waals surface area contributed by atoms with Gasteiger partial charge in [-0.25, -0.2) is 0 Å². The lowest BCUT2D eigenvalue weighted by molar-refractivity contribution is -1.92. The third-order valence-corrected chi connectivity index (χ3v) is 5.94. The van der Waals surface area contributed by atoms with Crippen molar-refractivity contribution >= 4 is 5.91 Å². The third kappa shape index (κ3) is 4.19. The number of carbonyl (C=O) groups excluding carboxylic acids is 1. The molecule has 24 heavy (non-hydrogen) atoms. The van der Waals surface area contributed by atoms with Gasteiger partial charge >= 0.3 is 0 Å². The van der Waals surface area contributed by atoms with Crippen LogP contribution < -0.4 is 14.0 Å². The number of piperidine rings is 4. The summed E-state index contributed by atoms with van der Waals surface area (Å²) in [6.45, 7) is 3.16. The fraction of sp³-hybridized carbons (Fsp3) is 0.933. The molecular formula is C15H25ClN2O6. The Kier molecular flexibility index (Phi) is 5.36. The van der Waals surface area contributed by atoms with Crippen molar-refractivity contribution in [3.63, 3.8) is 0 Å². The van der Waals surface area contributed by atoms with Crippen molar-refractivity contribution in [2.75, 3.05) is 19.6 Å². The monoisotopic (exact) mass is 364 g/mol. The first-order valence-electron chi connectivity index (χ1n) is 8.57. The molecule has 4 heterocycles. The molecule has 0 aromatic heterocycles. The lowest BCUT2D eigenvalue weighted by atomic mass is 9.70. The molecule has 4 aliphatic heterocycles. The Balaban J connectivity index is 0.000000300. The molecule has 0 spiro atoms. The average Bonchev–Trinajstić information content (AvgIpc) is 2.48. The van der Waals surface area contributed by atoms with Crippen molar-refractivity contribution in [1.82, 2.24) is 9.80 Å². The van der Waals surface area contributed by atoms with E-state index in [2.05, 4.69) is 9.80 Å². The Morgan fingerprint density at radius 2 is 1.71 bits per heavy atom. The van der Waals surface area contributed by atoms with E-state index in [1.54, 1.807) is 0 Å². The van der Waals surface area contributed by atoms with E-state index >= 15 is 0 Å². The summed E-state index contributed by atoms with van der Waals surface area (Å²) in [4.78, 5) is 17.0. The second-order valence-corrected chi connectivity index (χ2v) is 8.19. The lowest BCUT2D eigenvalue weighted by Gasteiger charge is -2.57. The molecule has 2 bridgehead atoms. The zero-order chi connectivity index (χ0) is 17.5. The van der Waals surface area contributed by atoms with Gasteiger partial charge in [0.25, 0.3) is 0 Å². The smallest absolute Gasteiger partial charge is 0.222 e. The van der Waals surface area contributed by atoms with Crippen molar-refractivity contribution in [3.05, 3.63) is 0 Å². The minimum absolute atomic E-state index is 0.118. The molecule has 8 nitrogen and oxygen atoms in total. The maximum Gasteiger partial charge on any atom is 0.222 e. The van der Waals surface area contributed by atoms with Crippen LogP contribution in [0.5, 0.6) is 0 Å². The molecule has 0 aromatic carbocycles. The first-order chi connectivity index (χ1) is 11.2. The molecule has 4 fully saturated rings. The Morgan fingerprint density at radius 3 is 2.42 bits per heavy atom. The van der Waals surface area contributed by atoms with E-state index in [0.29, 0.717) is 29.8 Å². The molecule has 138 valence electrons. The van der Waals surface area contributed by atoms with E-state index in [-0.39, 0.29) is 6.10 Å². The number of carbonyl (C=O) groups is 1. The first kappa shape index (κ1) is 18.3. The fourth-order valence-electron chi connectivity index (χ4n) is 5.07. The number of fused-ring (bicyclic) bond motifs is 6. The van der Waals surface area contributed by atoms with Gasteiger partial charge < -0.3 is 10.0 Å². The molecular weight excluding hydrogens is 340 g/mol. The van der Waals surface area contributed by atoms with Gasteiger partial charge in [0.2, 0.25) is 5.91 Å². The summed E-state index contributed by atoms with van der Waals surface area (Å²) in [5, 5.41) is 9.92. The minimum Gasteiger partial charge on any atom is -0.393 e. The van der Waals surface area contributed by atoms with E-state index in [1.165, 1.54) is 12.8 Å². The van der Waals surface area contributed by atoms with Crippen LogP contribution in [0.25, 0.3) is 0 Å². The average molecular weight is 365 g/mol. The standard InChI is InChI=1S/C15H24N2O2.ClHO4/c18-12-4-5-16-8-10-6-11(14(16)7-12)9-17-13(10)2-1-3-15(17)19;2-1(3,4)5/h10-14,18H,1-9H2;(H,2,3,4,5)/t10-,11+,12+,13?,14+;/m0./s1. The molecule has 0 radical (unpaired) electrons. The molecule has 5 atom stereocenters. The molecule has 1 unspecified atom stereocenters. The van der Waals surface area contributed by atoms with Crippen LogP contribution in [0.4, 0.5) is 0 Å². The van der Waals surface area contributed by atoms with Crippen LogP contribution in [-0.2, 0) is 4.79 Å². The quantitative estimate of drug-likeness (QED) is 0.460. The summed E-state index contributed by atoms with van der Waals surface area (Å²) in [6.07, 6.45) is 6.07. The second-order valence-electron chi connectivity index (χ2n) is 7.40. The van der Waals surface area contributed by atoms with E-state index in [4.69, 9.17) is 18.6 Å². The Bertz CT molecular complexity index is 467. The number of aliphatic hydroxyl groups excluding tert-OH is 1. The SMILES string of the molecule is O=C1CCCC2[C@H]3C[C@H](CN12)[C@H]1C[C@H](O)CCN1C3.[O-][Cl+3]([O-])([O-])O. The fourth-order valence-corrected chi connectivity index (χ4v) is 5.07. The largest absolute Gasteiger partial charge is 0.393 e. The van der Waals surface area contributed by atoms with Gasteiger partial charge in [0.15, 0.2) is 0 Å². The predicted octanol–water partition coefficient (Wildman–Crippen LogP) is -3.28. The second kappa shape index (κ2) is 7.03. The maximum absolute atomic E-state index is 12.1. The van der Waals surface area contributed by atoms with Crippen LogP contribution in [0, 0.1) is 22.1 Å². The summed E-state index contributed by atoms with van der Waals surface area (Å²) in [5.41, 5.74) is 0. The number of amides is 1. The van der Waals surface area contributed by atoms with E-state index in [0.717, 1.165) is 45.3 Å². The Hall–Kier alpha value is -0.480. The van der Waals surface area contributed by atoms with Crippen LogP contribution in [-0.4, -0.2) is 63.3 Å². The number of nitrogens with zero attached hydrogens (tertiary/aromatic N) is 2. The molecule has 2 N–H and O–H groups in total. The van der Waals surface area contributed by atoms with Crippen LogP contribution >= 0.6 is 0 Å². The normalized spacial score (nSPS) is 39.5. The van der Waals surface area contributed by atoms with E-state index in [1.807, 2.05) is 0 Å². The van der Waals surface area contributed by atoms with Crippen LogP contribution in [0.15, 0.2) is 0 Å². The highest BCUT2D eigenvalue weighted by Crippen LogP contribution is 2.42. The molecule has 1 amide bonds. The van der Waals surface area contributed by atoms with Crippen molar-refractivity contribution in [2.45, 2.75) is 56.7 Å². The van der Waals surface area contributed by atoms with Crippen molar-refractivity contribution in [3.8, 4) is 0 Å². The summed E-state index contributed by atoms with van der Waals surface area (Å²) < 4.78 is 32.7. The Morgan fingerprint density at radius 1 is 1.04 bits per heavy atom. The summed E-state index contributed by atoms with van der Waals surface area (Å²) in [7, 11) is -4.69. The number of halogens is 1.